The number of rotatable bonds is 4. The smallest absolute Gasteiger partial charge is 0.347 e. The Bertz CT molecular complexity index is 715. The van der Waals surface area contributed by atoms with Gasteiger partial charge in [-0.05, 0) is 24.4 Å². The van der Waals surface area contributed by atoms with E-state index in [2.05, 4.69) is 0 Å². The number of ether oxygens (including phenoxy) is 2. The van der Waals surface area contributed by atoms with Crippen LogP contribution in [0.4, 0.5) is 0 Å². The lowest BCUT2D eigenvalue weighted by molar-refractivity contribution is -0.138. The van der Waals surface area contributed by atoms with Crippen LogP contribution in [0.3, 0.4) is 0 Å². The molecule has 1 aromatic carbocycles. The van der Waals surface area contributed by atoms with Crippen molar-refractivity contribution >= 4 is 16.7 Å². The number of hydrogen-bond donors (Lipinski definition) is 1. The molecule has 1 atom stereocenters. The van der Waals surface area contributed by atoms with E-state index in [0.29, 0.717) is 16.9 Å². The molecular weight excluding hydrogens is 264 g/mol. The summed E-state index contributed by atoms with van der Waals surface area (Å²) in [6, 6.07) is 4.72. The number of aliphatic carboxylic acids is 1. The fourth-order valence-corrected chi connectivity index (χ4v) is 1.90. The van der Waals surface area contributed by atoms with Gasteiger partial charge in [-0.15, -0.1) is 0 Å². The van der Waals surface area contributed by atoms with Crippen molar-refractivity contribution in [2.24, 2.45) is 0 Å². The molecule has 0 saturated carbocycles. The van der Waals surface area contributed by atoms with Crippen LogP contribution in [0.5, 0.6) is 11.5 Å². The van der Waals surface area contributed by atoms with Gasteiger partial charge in [-0.2, -0.15) is 0 Å². The summed E-state index contributed by atoms with van der Waals surface area (Å²) in [5.74, 6) is -1.06. The van der Waals surface area contributed by atoms with Gasteiger partial charge in [0.25, 0.3) is 0 Å². The predicted octanol–water partition coefficient (Wildman–Crippen LogP) is 2.00. The second kappa shape index (κ2) is 5.24. The quantitative estimate of drug-likeness (QED) is 0.920. The maximum atomic E-state index is 12.0. The standard InChI is InChI=1S/C14H14O6/c1-7(13(15)16)10-5-8-4-9(18-2)6-11(19-3)12(8)14(17)20-10/h4-7H,1-3H3,(H,15,16)/t7-/m1/s1. The Hall–Kier alpha value is -2.50. The minimum atomic E-state index is -1.07. The molecule has 0 amide bonds. The third-order valence-electron chi connectivity index (χ3n) is 3.07. The summed E-state index contributed by atoms with van der Waals surface area (Å²) in [6.45, 7) is 1.45. The van der Waals surface area contributed by atoms with Gasteiger partial charge >= 0.3 is 11.6 Å². The minimum absolute atomic E-state index is 0.0882. The maximum absolute atomic E-state index is 12.0. The van der Waals surface area contributed by atoms with Crippen molar-refractivity contribution in [3.05, 3.63) is 34.4 Å². The minimum Gasteiger partial charge on any atom is -0.497 e. The third kappa shape index (κ3) is 2.32. The summed E-state index contributed by atoms with van der Waals surface area (Å²) in [5, 5.41) is 9.76. The molecule has 106 valence electrons. The zero-order valence-electron chi connectivity index (χ0n) is 11.3. The highest BCUT2D eigenvalue weighted by molar-refractivity contribution is 5.89. The number of hydrogen-bond acceptors (Lipinski definition) is 5. The second-order valence-electron chi connectivity index (χ2n) is 4.29. The Balaban J connectivity index is 2.76. The number of methoxy groups -OCH3 is 2. The van der Waals surface area contributed by atoms with Gasteiger partial charge in [0, 0.05) is 6.07 Å². The Labute approximate surface area is 114 Å². The Morgan fingerprint density at radius 1 is 1.25 bits per heavy atom. The SMILES string of the molecule is COc1cc(OC)c2c(=O)oc([C@@H](C)C(=O)O)cc2c1. The van der Waals surface area contributed by atoms with Crippen molar-refractivity contribution in [2.45, 2.75) is 12.8 Å². The summed E-state index contributed by atoms with van der Waals surface area (Å²) < 4.78 is 15.3. The van der Waals surface area contributed by atoms with Gasteiger partial charge in [0.2, 0.25) is 0 Å². The van der Waals surface area contributed by atoms with Crippen LogP contribution >= 0.6 is 0 Å². The van der Waals surface area contributed by atoms with Crippen molar-refractivity contribution < 1.29 is 23.8 Å². The average molecular weight is 278 g/mol. The van der Waals surface area contributed by atoms with Crippen molar-refractivity contribution in [3.63, 3.8) is 0 Å². The molecular formula is C14H14O6. The molecule has 6 nitrogen and oxygen atoms in total. The topological polar surface area (TPSA) is 86.0 Å². The zero-order chi connectivity index (χ0) is 14.9. The average Bonchev–Trinajstić information content (AvgIpc) is 2.44. The molecule has 2 aromatic rings. The number of carboxylic acid groups (broad SMARTS) is 1. The van der Waals surface area contributed by atoms with E-state index in [-0.39, 0.29) is 11.1 Å². The summed E-state index contributed by atoms with van der Waals surface area (Å²) in [5.41, 5.74) is -0.634. The predicted molar refractivity (Wildman–Crippen MR) is 71.6 cm³/mol. The van der Waals surface area contributed by atoms with E-state index in [9.17, 15) is 9.59 Å². The fourth-order valence-electron chi connectivity index (χ4n) is 1.90. The molecule has 2 rings (SSSR count). The Kier molecular flexibility index (Phi) is 3.65. The first-order valence-electron chi connectivity index (χ1n) is 5.90. The highest BCUT2D eigenvalue weighted by Crippen LogP contribution is 2.30. The van der Waals surface area contributed by atoms with Crippen LogP contribution in [-0.2, 0) is 4.79 Å². The van der Waals surface area contributed by atoms with E-state index in [1.165, 1.54) is 27.2 Å². The molecule has 0 aliphatic rings. The van der Waals surface area contributed by atoms with E-state index in [1.54, 1.807) is 12.1 Å². The second-order valence-corrected chi connectivity index (χ2v) is 4.29. The van der Waals surface area contributed by atoms with Gasteiger partial charge in [0.05, 0.1) is 14.2 Å². The van der Waals surface area contributed by atoms with Crippen LogP contribution in [0, 0.1) is 0 Å². The molecule has 6 heteroatoms. The summed E-state index contributed by atoms with van der Waals surface area (Å²) in [6.07, 6.45) is 0. The molecule has 20 heavy (non-hydrogen) atoms. The summed E-state index contributed by atoms with van der Waals surface area (Å²) in [7, 11) is 2.92. The highest BCUT2D eigenvalue weighted by Gasteiger charge is 2.20. The van der Waals surface area contributed by atoms with Crippen LogP contribution < -0.4 is 15.1 Å². The summed E-state index contributed by atoms with van der Waals surface area (Å²) >= 11 is 0. The molecule has 0 fully saturated rings. The van der Waals surface area contributed by atoms with Crippen molar-refractivity contribution in [3.8, 4) is 11.5 Å². The molecule has 1 N–H and O–H groups in total. The van der Waals surface area contributed by atoms with Gasteiger partial charge in [-0.25, -0.2) is 4.79 Å². The van der Waals surface area contributed by atoms with Crippen LogP contribution in [-0.4, -0.2) is 25.3 Å². The lowest BCUT2D eigenvalue weighted by Gasteiger charge is -2.10. The zero-order valence-corrected chi connectivity index (χ0v) is 11.3. The number of benzene rings is 1. The van der Waals surface area contributed by atoms with Gasteiger partial charge in [0.1, 0.15) is 28.6 Å². The fraction of sp³-hybridized carbons (Fsp3) is 0.286. The molecule has 0 aliphatic heterocycles. The first-order valence-corrected chi connectivity index (χ1v) is 5.90. The van der Waals surface area contributed by atoms with Crippen molar-refractivity contribution in [2.75, 3.05) is 14.2 Å². The number of fused-ring (bicyclic) bond motifs is 1. The van der Waals surface area contributed by atoms with E-state index < -0.39 is 17.5 Å². The maximum Gasteiger partial charge on any atom is 0.347 e. The lowest BCUT2D eigenvalue weighted by atomic mass is 10.1. The van der Waals surface area contributed by atoms with Crippen LogP contribution in [0.2, 0.25) is 0 Å². The summed E-state index contributed by atoms with van der Waals surface area (Å²) in [4.78, 5) is 23.0. The Morgan fingerprint density at radius 3 is 2.50 bits per heavy atom. The largest absolute Gasteiger partial charge is 0.497 e. The molecule has 0 aliphatic carbocycles. The van der Waals surface area contributed by atoms with E-state index in [4.69, 9.17) is 19.0 Å². The van der Waals surface area contributed by atoms with Crippen molar-refractivity contribution in [1.82, 2.24) is 0 Å². The van der Waals surface area contributed by atoms with Crippen LogP contribution in [0.25, 0.3) is 10.8 Å². The highest BCUT2D eigenvalue weighted by atomic mass is 16.5. The molecule has 0 bridgehead atoms. The number of carbonyl (C=O) groups is 1. The van der Waals surface area contributed by atoms with Crippen molar-refractivity contribution in [1.29, 1.82) is 0 Å². The normalized spacial score (nSPS) is 12.2. The Morgan fingerprint density at radius 2 is 1.95 bits per heavy atom. The molecule has 1 heterocycles. The monoisotopic (exact) mass is 278 g/mol. The van der Waals surface area contributed by atoms with E-state index in [1.807, 2.05) is 0 Å². The number of carboxylic acids is 1. The molecule has 0 spiro atoms. The molecule has 0 unspecified atom stereocenters. The van der Waals surface area contributed by atoms with Crippen LogP contribution in [0.15, 0.2) is 27.4 Å². The molecule has 0 saturated heterocycles. The van der Waals surface area contributed by atoms with E-state index in [0.717, 1.165) is 0 Å². The third-order valence-corrected chi connectivity index (χ3v) is 3.07. The first kappa shape index (κ1) is 13.9. The van der Waals surface area contributed by atoms with Crippen LogP contribution in [0.1, 0.15) is 18.6 Å². The first-order chi connectivity index (χ1) is 9.47. The van der Waals surface area contributed by atoms with E-state index >= 15 is 0 Å². The van der Waals surface area contributed by atoms with Gasteiger partial charge in [-0.3, -0.25) is 4.79 Å². The van der Waals surface area contributed by atoms with Gasteiger partial charge in [-0.1, -0.05) is 0 Å². The van der Waals surface area contributed by atoms with Gasteiger partial charge in [0.15, 0.2) is 0 Å². The molecule has 0 radical (unpaired) electrons. The molecule has 1 aromatic heterocycles. The lowest BCUT2D eigenvalue weighted by Crippen LogP contribution is -2.11. The van der Waals surface area contributed by atoms with Gasteiger partial charge < -0.3 is 19.0 Å².